The van der Waals surface area contributed by atoms with Gasteiger partial charge in [0, 0.05) is 0 Å². The van der Waals surface area contributed by atoms with Gasteiger partial charge in [-0.3, -0.25) is 0 Å². The van der Waals surface area contributed by atoms with Crippen molar-refractivity contribution < 1.29 is 13.7 Å². The van der Waals surface area contributed by atoms with E-state index in [0.29, 0.717) is 11.7 Å². The van der Waals surface area contributed by atoms with E-state index < -0.39 is 24.0 Å². The first kappa shape index (κ1) is 17.0. The first-order valence-electron chi connectivity index (χ1n) is 8.01. The largest absolute Gasteiger partial charge is 0.525 e. The molecule has 2 aliphatic rings. The minimum Gasteiger partial charge on any atom is -0.398 e. The van der Waals surface area contributed by atoms with Crippen LogP contribution in [0.1, 0.15) is 52.3 Å². The van der Waals surface area contributed by atoms with Crippen LogP contribution >= 0.6 is 11.8 Å². The fourth-order valence-corrected chi connectivity index (χ4v) is 3.73. The van der Waals surface area contributed by atoms with Crippen molar-refractivity contribution in [3.63, 3.8) is 0 Å². The zero-order chi connectivity index (χ0) is 16.7. The van der Waals surface area contributed by atoms with Gasteiger partial charge >= 0.3 is 7.12 Å². The molecule has 126 valence electrons. The van der Waals surface area contributed by atoms with Crippen LogP contribution in [0.3, 0.4) is 0 Å². The van der Waals surface area contributed by atoms with Gasteiger partial charge in [-0.1, -0.05) is 5.21 Å². The lowest BCUT2D eigenvalue weighted by Crippen LogP contribution is -2.41. The summed E-state index contributed by atoms with van der Waals surface area (Å²) in [7, 11) is -0.990. The fraction of sp³-hybridized carbons (Fsp3) is 0.733. The van der Waals surface area contributed by atoms with Crippen LogP contribution in [-0.2, 0) is 9.31 Å². The topological polar surface area (TPSA) is 49.2 Å². The van der Waals surface area contributed by atoms with Crippen molar-refractivity contribution in [1.29, 1.82) is 0 Å². The Morgan fingerprint density at radius 1 is 1.30 bits per heavy atom. The molecule has 8 heteroatoms. The van der Waals surface area contributed by atoms with Crippen molar-refractivity contribution in [3.8, 4) is 0 Å². The molecule has 0 atom stereocenters. The molecule has 2 aliphatic heterocycles. The standard InChI is InChI=1S/C15H23BFN3O2S/c1-14(2)15(3,4)22-16(21-14)13(17)9-11-10-20(19-18-11)12-5-7-23-8-6-12/h9-10,12H,5-8H2,1-4H3. The molecular formula is C15H23BFN3O2S. The normalized spacial score (nSPS) is 25.1. The van der Waals surface area contributed by atoms with E-state index >= 15 is 0 Å². The van der Waals surface area contributed by atoms with E-state index in [1.165, 1.54) is 6.08 Å². The van der Waals surface area contributed by atoms with Gasteiger partial charge in [0.05, 0.1) is 23.4 Å². The highest BCUT2D eigenvalue weighted by atomic mass is 32.2. The number of hydrogen-bond donors (Lipinski definition) is 0. The molecule has 2 saturated heterocycles. The van der Waals surface area contributed by atoms with Crippen molar-refractivity contribution in [2.75, 3.05) is 11.5 Å². The van der Waals surface area contributed by atoms with Gasteiger partial charge in [0.15, 0.2) is 0 Å². The Morgan fingerprint density at radius 2 is 1.91 bits per heavy atom. The Morgan fingerprint density at radius 3 is 2.52 bits per heavy atom. The average molecular weight is 339 g/mol. The molecule has 3 rings (SSSR count). The van der Waals surface area contributed by atoms with Gasteiger partial charge in [0.25, 0.3) is 0 Å². The zero-order valence-corrected chi connectivity index (χ0v) is 14.9. The monoisotopic (exact) mass is 339 g/mol. The second kappa shape index (κ2) is 6.22. The maximum atomic E-state index is 14.5. The number of rotatable bonds is 3. The minimum atomic E-state index is -0.990. The Labute approximate surface area is 141 Å². The molecule has 23 heavy (non-hydrogen) atoms. The molecule has 0 saturated carbocycles. The molecule has 0 aromatic carbocycles. The summed E-state index contributed by atoms with van der Waals surface area (Å²) in [6.45, 7) is 7.60. The number of aromatic nitrogens is 3. The van der Waals surface area contributed by atoms with Crippen LogP contribution in [-0.4, -0.2) is 44.8 Å². The second-order valence-corrected chi connectivity index (χ2v) is 8.31. The summed E-state index contributed by atoms with van der Waals surface area (Å²) in [6, 6.07) is 0.366. The summed E-state index contributed by atoms with van der Waals surface area (Å²) < 4.78 is 27.7. The average Bonchev–Trinajstić information content (AvgIpc) is 3.03. The molecule has 0 unspecified atom stereocenters. The third kappa shape index (κ3) is 3.49. The van der Waals surface area contributed by atoms with Gasteiger partial charge in [0.2, 0.25) is 0 Å². The van der Waals surface area contributed by atoms with Gasteiger partial charge in [0.1, 0.15) is 11.4 Å². The van der Waals surface area contributed by atoms with Crippen LogP contribution in [0.2, 0.25) is 0 Å². The van der Waals surface area contributed by atoms with Gasteiger partial charge in [-0.25, -0.2) is 9.07 Å². The highest BCUT2D eigenvalue weighted by molar-refractivity contribution is 7.99. The molecule has 0 spiro atoms. The Hall–Kier alpha value is -0.855. The van der Waals surface area contributed by atoms with Crippen molar-refractivity contribution >= 4 is 25.0 Å². The van der Waals surface area contributed by atoms with E-state index in [-0.39, 0.29) is 0 Å². The number of thioether (sulfide) groups is 1. The molecule has 5 nitrogen and oxygen atoms in total. The highest BCUT2D eigenvalue weighted by Gasteiger charge is 2.53. The lowest BCUT2D eigenvalue weighted by Gasteiger charge is -2.32. The summed E-state index contributed by atoms with van der Waals surface area (Å²) in [5.74, 6) is 2.27. The van der Waals surface area contributed by atoms with E-state index in [1.807, 2.05) is 44.1 Å². The number of halogens is 1. The molecule has 0 radical (unpaired) electrons. The van der Waals surface area contributed by atoms with Gasteiger partial charge in [-0.2, -0.15) is 11.8 Å². The van der Waals surface area contributed by atoms with Crippen LogP contribution in [0.15, 0.2) is 11.9 Å². The third-order valence-electron chi connectivity index (χ3n) is 4.86. The van der Waals surface area contributed by atoms with Gasteiger partial charge in [-0.05, 0) is 58.1 Å². The molecule has 1 aromatic heterocycles. The van der Waals surface area contributed by atoms with E-state index in [0.717, 1.165) is 24.3 Å². The Bertz CT molecular complexity index is 583. The van der Waals surface area contributed by atoms with E-state index in [2.05, 4.69) is 10.3 Å². The lowest BCUT2D eigenvalue weighted by molar-refractivity contribution is 0.00578. The van der Waals surface area contributed by atoms with Crippen LogP contribution in [0.25, 0.3) is 6.08 Å². The number of nitrogens with zero attached hydrogens (tertiary/aromatic N) is 3. The molecule has 0 N–H and O–H groups in total. The predicted molar refractivity (Wildman–Crippen MR) is 90.8 cm³/mol. The molecule has 3 heterocycles. The van der Waals surface area contributed by atoms with E-state index in [4.69, 9.17) is 9.31 Å². The predicted octanol–water partition coefficient (Wildman–Crippen LogP) is 3.29. The molecule has 0 amide bonds. The zero-order valence-electron chi connectivity index (χ0n) is 14.1. The lowest BCUT2D eigenvalue weighted by atomic mass is 9.87. The third-order valence-corrected chi connectivity index (χ3v) is 5.91. The van der Waals surface area contributed by atoms with E-state index in [9.17, 15) is 4.39 Å². The Balaban J connectivity index is 1.71. The summed E-state index contributed by atoms with van der Waals surface area (Å²) in [4.78, 5) is 0. The Kier molecular flexibility index (Phi) is 4.59. The molecular weight excluding hydrogens is 316 g/mol. The smallest absolute Gasteiger partial charge is 0.398 e. The van der Waals surface area contributed by atoms with Gasteiger partial charge < -0.3 is 9.31 Å². The first-order chi connectivity index (χ1) is 10.8. The number of hydrogen-bond acceptors (Lipinski definition) is 5. The summed E-state index contributed by atoms with van der Waals surface area (Å²) in [5.41, 5.74) is -1.09. The SMILES string of the molecule is CC1(C)OB(C(F)=Cc2cn(C3CCSCC3)nn2)OC1(C)C. The van der Waals surface area contributed by atoms with Crippen LogP contribution in [0.5, 0.6) is 0 Å². The van der Waals surface area contributed by atoms with Crippen molar-refractivity contribution in [2.24, 2.45) is 0 Å². The molecule has 1 aromatic rings. The highest BCUT2D eigenvalue weighted by Crippen LogP contribution is 2.39. The first-order valence-corrected chi connectivity index (χ1v) is 9.16. The van der Waals surface area contributed by atoms with Crippen molar-refractivity contribution in [3.05, 3.63) is 17.6 Å². The van der Waals surface area contributed by atoms with Gasteiger partial charge in [-0.15, -0.1) is 5.10 Å². The quantitative estimate of drug-likeness (QED) is 0.791. The van der Waals surface area contributed by atoms with Crippen LogP contribution in [0, 0.1) is 0 Å². The second-order valence-electron chi connectivity index (χ2n) is 7.08. The molecule has 0 bridgehead atoms. The van der Waals surface area contributed by atoms with Crippen molar-refractivity contribution in [1.82, 2.24) is 15.0 Å². The summed E-state index contributed by atoms with van der Waals surface area (Å²) in [5, 5.41) is 8.20. The van der Waals surface area contributed by atoms with Crippen LogP contribution < -0.4 is 0 Å². The summed E-state index contributed by atoms with van der Waals surface area (Å²) >= 11 is 1.96. The minimum absolute atomic E-state index is 0.366. The van der Waals surface area contributed by atoms with Crippen LogP contribution in [0.4, 0.5) is 4.39 Å². The summed E-state index contributed by atoms with van der Waals surface area (Å²) in [6.07, 6.45) is 5.31. The maximum absolute atomic E-state index is 14.5. The fourth-order valence-electron chi connectivity index (χ4n) is 2.65. The van der Waals surface area contributed by atoms with E-state index in [1.54, 1.807) is 6.20 Å². The molecule has 0 aliphatic carbocycles. The molecule has 2 fully saturated rings. The maximum Gasteiger partial charge on any atom is 0.525 e. The van der Waals surface area contributed by atoms with Crippen molar-refractivity contribution in [2.45, 2.75) is 57.8 Å².